The molecule has 1 atom stereocenters. The van der Waals surface area contributed by atoms with E-state index in [4.69, 9.17) is 0 Å². The third kappa shape index (κ3) is 4.43. The minimum Gasteiger partial charge on any atom is -0.314 e. The zero-order valence-corrected chi connectivity index (χ0v) is 13.9. The van der Waals surface area contributed by atoms with Gasteiger partial charge in [-0.05, 0) is 45.4 Å². The Morgan fingerprint density at radius 1 is 1.05 bits per heavy atom. The van der Waals surface area contributed by atoms with Crippen LogP contribution in [0.5, 0.6) is 0 Å². The number of nitrogens with one attached hydrogen (secondary N) is 1. The Kier molecular flexibility index (Phi) is 5.18. The monoisotopic (exact) mass is 285 g/mol. The molecular formula is C18H27N3. The van der Waals surface area contributed by atoms with Crippen LogP contribution in [0.25, 0.3) is 0 Å². The molecule has 0 fully saturated rings. The normalized spacial score (nSPS) is 12.6. The molecule has 1 N–H and O–H groups in total. The molecule has 0 radical (unpaired) electrons. The Bertz CT molecular complexity index is 578. The first-order valence-corrected chi connectivity index (χ1v) is 7.78. The molecule has 1 unspecified atom stereocenters. The van der Waals surface area contributed by atoms with E-state index in [0.29, 0.717) is 6.04 Å². The molecule has 21 heavy (non-hydrogen) atoms. The second kappa shape index (κ2) is 6.90. The molecule has 3 heteroatoms. The second-order valence-corrected chi connectivity index (χ2v) is 6.06. The highest BCUT2D eigenvalue weighted by Crippen LogP contribution is 2.14. The fourth-order valence-electron chi connectivity index (χ4n) is 3.08. The highest BCUT2D eigenvalue weighted by molar-refractivity contribution is 5.29. The molecule has 0 aliphatic heterocycles. The highest BCUT2D eigenvalue weighted by atomic mass is 15.3. The van der Waals surface area contributed by atoms with E-state index in [9.17, 15) is 0 Å². The van der Waals surface area contributed by atoms with Crippen molar-refractivity contribution in [2.45, 2.75) is 46.6 Å². The molecule has 1 aromatic heterocycles. The van der Waals surface area contributed by atoms with Gasteiger partial charge in [-0.1, -0.05) is 36.2 Å². The first kappa shape index (κ1) is 15.8. The van der Waals surface area contributed by atoms with Gasteiger partial charge in [0, 0.05) is 25.2 Å². The largest absolute Gasteiger partial charge is 0.314 e. The number of aryl methyl sites for hydroxylation is 4. The summed E-state index contributed by atoms with van der Waals surface area (Å²) in [4.78, 5) is 0. The molecule has 2 aromatic rings. The molecule has 1 heterocycles. The molecule has 0 aliphatic carbocycles. The van der Waals surface area contributed by atoms with Gasteiger partial charge in [0.05, 0.1) is 5.69 Å². The highest BCUT2D eigenvalue weighted by Gasteiger charge is 2.13. The molecule has 0 spiro atoms. The lowest BCUT2D eigenvalue weighted by atomic mass is 9.98. The Balaban J connectivity index is 2.13. The molecule has 0 saturated carbocycles. The lowest BCUT2D eigenvalue weighted by Gasteiger charge is -2.18. The summed E-state index contributed by atoms with van der Waals surface area (Å²) in [5.41, 5.74) is 6.49. The summed E-state index contributed by atoms with van der Waals surface area (Å²) in [6.45, 7) is 9.55. The van der Waals surface area contributed by atoms with Crippen LogP contribution in [0.15, 0.2) is 24.3 Å². The van der Waals surface area contributed by atoms with Gasteiger partial charge in [0.1, 0.15) is 0 Å². The minimum atomic E-state index is 0.450. The van der Waals surface area contributed by atoms with E-state index in [0.717, 1.165) is 25.1 Å². The van der Waals surface area contributed by atoms with Gasteiger partial charge >= 0.3 is 0 Å². The number of hydrogen-bond donors (Lipinski definition) is 1. The van der Waals surface area contributed by atoms with Crippen LogP contribution in [0, 0.1) is 20.8 Å². The predicted molar refractivity (Wildman–Crippen MR) is 88.7 cm³/mol. The Morgan fingerprint density at radius 2 is 1.71 bits per heavy atom. The van der Waals surface area contributed by atoms with Crippen LogP contribution in [0.2, 0.25) is 0 Å². The SMILES string of the molecule is CCNC(Cc1cc(C)cc(C)c1)Cc1cc(C)nn1C. The molecule has 114 valence electrons. The van der Waals surface area contributed by atoms with E-state index in [1.165, 1.54) is 22.4 Å². The Morgan fingerprint density at radius 3 is 2.24 bits per heavy atom. The lowest BCUT2D eigenvalue weighted by molar-refractivity contribution is 0.504. The third-order valence-electron chi connectivity index (χ3n) is 3.81. The molecular weight excluding hydrogens is 258 g/mol. The van der Waals surface area contributed by atoms with Gasteiger partial charge in [0.25, 0.3) is 0 Å². The standard InChI is InChI=1S/C18H27N3/c1-6-19-17(12-18-10-15(4)20-21(18)5)11-16-8-13(2)7-14(3)9-16/h7-10,17,19H,6,11-12H2,1-5H3. The van der Waals surface area contributed by atoms with Crippen LogP contribution >= 0.6 is 0 Å². The van der Waals surface area contributed by atoms with Crippen molar-refractivity contribution >= 4 is 0 Å². The van der Waals surface area contributed by atoms with E-state index >= 15 is 0 Å². The van der Waals surface area contributed by atoms with Crippen molar-refractivity contribution in [2.24, 2.45) is 7.05 Å². The van der Waals surface area contributed by atoms with Crippen LogP contribution in [-0.2, 0) is 19.9 Å². The number of hydrogen-bond acceptors (Lipinski definition) is 2. The zero-order chi connectivity index (χ0) is 15.4. The smallest absolute Gasteiger partial charge is 0.0596 e. The average molecular weight is 285 g/mol. The van der Waals surface area contributed by atoms with Crippen LogP contribution in [0.3, 0.4) is 0 Å². The molecule has 2 rings (SSSR count). The van der Waals surface area contributed by atoms with Gasteiger partial charge < -0.3 is 5.32 Å². The van der Waals surface area contributed by atoms with Crippen molar-refractivity contribution in [3.8, 4) is 0 Å². The lowest BCUT2D eigenvalue weighted by Crippen LogP contribution is -2.33. The molecule has 1 aromatic carbocycles. The van der Waals surface area contributed by atoms with Crippen molar-refractivity contribution in [3.05, 3.63) is 52.3 Å². The fourth-order valence-corrected chi connectivity index (χ4v) is 3.08. The van der Waals surface area contributed by atoms with Crippen molar-refractivity contribution < 1.29 is 0 Å². The molecule has 0 saturated heterocycles. The van der Waals surface area contributed by atoms with E-state index < -0.39 is 0 Å². The van der Waals surface area contributed by atoms with Crippen molar-refractivity contribution in [3.63, 3.8) is 0 Å². The zero-order valence-electron chi connectivity index (χ0n) is 13.9. The van der Waals surface area contributed by atoms with Gasteiger partial charge in [-0.15, -0.1) is 0 Å². The van der Waals surface area contributed by atoms with Crippen molar-refractivity contribution in [1.29, 1.82) is 0 Å². The molecule has 0 amide bonds. The molecule has 0 bridgehead atoms. The van der Waals surface area contributed by atoms with E-state index in [1.54, 1.807) is 0 Å². The van der Waals surface area contributed by atoms with Gasteiger partial charge in [0.2, 0.25) is 0 Å². The number of benzene rings is 1. The predicted octanol–water partition coefficient (Wildman–Crippen LogP) is 3.11. The summed E-state index contributed by atoms with van der Waals surface area (Å²) >= 11 is 0. The van der Waals surface area contributed by atoms with Crippen LogP contribution in [-0.4, -0.2) is 22.4 Å². The number of nitrogens with zero attached hydrogens (tertiary/aromatic N) is 2. The summed E-state index contributed by atoms with van der Waals surface area (Å²) in [5, 5.41) is 8.06. The average Bonchev–Trinajstić information content (AvgIpc) is 2.66. The van der Waals surface area contributed by atoms with Crippen LogP contribution in [0.4, 0.5) is 0 Å². The maximum atomic E-state index is 4.45. The maximum Gasteiger partial charge on any atom is 0.0596 e. The topological polar surface area (TPSA) is 29.9 Å². The maximum absolute atomic E-state index is 4.45. The quantitative estimate of drug-likeness (QED) is 0.884. The first-order chi connectivity index (χ1) is 9.97. The Hall–Kier alpha value is -1.61. The summed E-state index contributed by atoms with van der Waals surface area (Å²) in [6.07, 6.45) is 2.07. The van der Waals surface area contributed by atoms with Crippen LogP contribution in [0.1, 0.15) is 35.0 Å². The minimum absolute atomic E-state index is 0.450. The van der Waals surface area contributed by atoms with Crippen molar-refractivity contribution in [2.75, 3.05) is 6.54 Å². The van der Waals surface area contributed by atoms with E-state index in [-0.39, 0.29) is 0 Å². The summed E-state index contributed by atoms with van der Waals surface area (Å²) in [7, 11) is 2.03. The third-order valence-corrected chi connectivity index (χ3v) is 3.81. The summed E-state index contributed by atoms with van der Waals surface area (Å²) in [5.74, 6) is 0. The van der Waals surface area contributed by atoms with Gasteiger partial charge in [0.15, 0.2) is 0 Å². The first-order valence-electron chi connectivity index (χ1n) is 7.78. The van der Waals surface area contributed by atoms with E-state index in [2.05, 4.69) is 62.4 Å². The van der Waals surface area contributed by atoms with E-state index in [1.807, 2.05) is 11.7 Å². The molecule has 0 aliphatic rings. The number of likely N-dealkylation sites (N-methyl/N-ethyl adjacent to an activating group) is 1. The van der Waals surface area contributed by atoms with Crippen LogP contribution < -0.4 is 5.32 Å². The number of aromatic nitrogens is 2. The van der Waals surface area contributed by atoms with Crippen molar-refractivity contribution in [1.82, 2.24) is 15.1 Å². The Labute approximate surface area is 128 Å². The fraction of sp³-hybridized carbons (Fsp3) is 0.500. The van der Waals surface area contributed by atoms with Gasteiger partial charge in [-0.2, -0.15) is 5.10 Å². The van der Waals surface area contributed by atoms with Gasteiger partial charge in [-0.3, -0.25) is 4.68 Å². The second-order valence-electron chi connectivity index (χ2n) is 6.06. The summed E-state index contributed by atoms with van der Waals surface area (Å²) < 4.78 is 2.00. The number of rotatable bonds is 6. The summed E-state index contributed by atoms with van der Waals surface area (Å²) in [6, 6.07) is 9.46. The van der Waals surface area contributed by atoms with Gasteiger partial charge in [-0.25, -0.2) is 0 Å². The molecule has 3 nitrogen and oxygen atoms in total.